The number of nitrogens with zero attached hydrogens (tertiary/aromatic N) is 3. The molecule has 0 spiro atoms. The molecule has 0 bridgehead atoms. The van der Waals surface area contributed by atoms with Gasteiger partial charge in [0.05, 0.1) is 15.9 Å². The van der Waals surface area contributed by atoms with Crippen molar-refractivity contribution in [2.24, 2.45) is 0 Å². The van der Waals surface area contributed by atoms with Gasteiger partial charge in [0.25, 0.3) is 5.56 Å². The fourth-order valence-electron chi connectivity index (χ4n) is 2.39. The Morgan fingerprint density at radius 3 is 2.88 bits per heavy atom. The number of H-pyrrole nitrogens is 1. The zero-order valence-corrected chi connectivity index (χ0v) is 13.7. The van der Waals surface area contributed by atoms with Crippen molar-refractivity contribution < 1.29 is 13.2 Å². The lowest BCUT2D eigenvalue weighted by molar-refractivity contribution is -0.140. The number of aryl methyl sites for hydroxylation is 1. The van der Waals surface area contributed by atoms with Crippen molar-refractivity contribution in [2.75, 3.05) is 0 Å². The van der Waals surface area contributed by atoms with E-state index < -0.39 is 12.7 Å². The summed E-state index contributed by atoms with van der Waals surface area (Å²) in [6.07, 6.45) is -0.718. The van der Waals surface area contributed by atoms with Gasteiger partial charge in [0.1, 0.15) is 12.4 Å². The molecule has 1 N–H and O–H groups in total. The van der Waals surface area contributed by atoms with Crippen molar-refractivity contribution in [3.8, 4) is 0 Å². The first-order valence-electron chi connectivity index (χ1n) is 7.20. The highest BCUT2D eigenvalue weighted by Crippen LogP contribution is 2.23. The summed E-state index contributed by atoms with van der Waals surface area (Å²) < 4.78 is 38.6. The average molecular weight is 369 g/mol. The number of hydrogen-bond donors (Lipinski definition) is 1. The van der Waals surface area contributed by atoms with Crippen LogP contribution in [0.3, 0.4) is 0 Å². The summed E-state index contributed by atoms with van der Waals surface area (Å²) in [5, 5.41) is 0.392. The van der Waals surface area contributed by atoms with Crippen molar-refractivity contribution in [3.63, 3.8) is 0 Å². The lowest BCUT2D eigenvalue weighted by Gasteiger charge is -2.09. The van der Waals surface area contributed by atoms with Gasteiger partial charge in [-0.1, -0.05) is 23.7 Å². The Hall–Kier alpha value is -2.61. The topological polar surface area (TPSA) is 63.6 Å². The van der Waals surface area contributed by atoms with Gasteiger partial charge < -0.3 is 9.55 Å². The van der Waals surface area contributed by atoms with Gasteiger partial charge in [-0.2, -0.15) is 13.2 Å². The Kier molecular flexibility index (Phi) is 4.38. The van der Waals surface area contributed by atoms with Crippen LogP contribution in [0.25, 0.3) is 22.0 Å². The molecule has 0 aliphatic rings. The van der Waals surface area contributed by atoms with Gasteiger partial charge in [0.15, 0.2) is 5.82 Å². The van der Waals surface area contributed by atoms with Crippen LogP contribution in [0.2, 0.25) is 0 Å². The minimum absolute atomic E-state index is 0.00912. The van der Waals surface area contributed by atoms with Crippen LogP contribution in [0.1, 0.15) is 17.2 Å². The monoisotopic (exact) mass is 368 g/mol. The largest absolute Gasteiger partial charge is 0.406 e. The molecule has 0 radical (unpaired) electrons. The van der Waals surface area contributed by atoms with Gasteiger partial charge in [-0.25, -0.2) is 9.97 Å². The zero-order valence-electron chi connectivity index (χ0n) is 12.9. The van der Waals surface area contributed by atoms with Crippen LogP contribution in [0.15, 0.2) is 35.4 Å². The number of aromatic nitrogens is 4. The SMILES string of the molecule is Cc1cccc2c(=O)[nH]c(/C(Cl)=C/c3nccn3CC(F)(F)F)nc12. The molecule has 0 amide bonds. The molecule has 130 valence electrons. The Balaban J connectivity index is 2.05. The van der Waals surface area contributed by atoms with Crippen molar-refractivity contribution in [1.82, 2.24) is 19.5 Å². The Bertz CT molecular complexity index is 1020. The minimum Gasteiger partial charge on any atom is -0.322 e. The molecule has 25 heavy (non-hydrogen) atoms. The van der Waals surface area contributed by atoms with Crippen LogP contribution in [-0.4, -0.2) is 25.7 Å². The molecule has 0 fully saturated rings. The lowest BCUT2D eigenvalue weighted by atomic mass is 10.1. The molecule has 0 saturated heterocycles. The normalized spacial score (nSPS) is 12.8. The summed E-state index contributed by atoms with van der Waals surface area (Å²) >= 11 is 6.16. The number of hydrogen-bond acceptors (Lipinski definition) is 3. The molecular weight excluding hydrogens is 357 g/mol. The molecule has 0 saturated carbocycles. The second-order valence-corrected chi connectivity index (χ2v) is 5.81. The van der Waals surface area contributed by atoms with E-state index in [2.05, 4.69) is 15.0 Å². The predicted molar refractivity (Wildman–Crippen MR) is 89.1 cm³/mol. The average Bonchev–Trinajstić information content (AvgIpc) is 2.93. The molecule has 2 aromatic heterocycles. The van der Waals surface area contributed by atoms with E-state index in [-0.39, 0.29) is 22.2 Å². The zero-order chi connectivity index (χ0) is 18.2. The third kappa shape index (κ3) is 3.74. The van der Waals surface area contributed by atoms with E-state index in [1.54, 1.807) is 25.1 Å². The van der Waals surface area contributed by atoms with E-state index in [9.17, 15) is 18.0 Å². The molecule has 1 aromatic carbocycles. The molecule has 0 unspecified atom stereocenters. The molecular formula is C16H12ClF3N4O. The van der Waals surface area contributed by atoms with E-state index >= 15 is 0 Å². The summed E-state index contributed by atoms with van der Waals surface area (Å²) in [5.41, 5.74) is 0.883. The molecule has 2 heterocycles. The van der Waals surface area contributed by atoms with Crippen LogP contribution in [-0.2, 0) is 6.54 Å². The predicted octanol–water partition coefficient (Wildman–Crippen LogP) is 3.73. The highest BCUT2D eigenvalue weighted by atomic mass is 35.5. The van der Waals surface area contributed by atoms with Crippen molar-refractivity contribution in [2.45, 2.75) is 19.6 Å². The quantitative estimate of drug-likeness (QED) is 0.766. The molecule has 3 aromatic rings. The molecule has 5 nitrogen and oxygen atoms in total. The highest BCUT2D eigenvalue weighted by Gasteiger charge is 2.28. The first-order chi connectivity index (χ1) is 11.7. The Morgan fingerprint density at radius 1 is 1.40 bits per heavy atom. The number of imidazole rings is 1. The lowest BCUT2D eigenvalue weighted by Crippen LogP contribution is -2.18. The number of halogens is 4. The number of para-hydroxylation sites is 1. The summed E-state index contributed by atoms with van der Waals surface area (Å²) in [7, 11) is 0. The second-order valence-electron chi connectivity index (χ2n) is 5.41. The van der Waals surface area contributed by atoms with Crippen molar-refractivity contribution in [3.05, 3.63) is 58.2 Å². The van der Waals surface area contributed by atoms with E-state index in [1.165, 1.54) is 18.5 Å². The van der Waals surface area contributed by atoms with E-state index in [0.717, 1.165) is 10.1 Å². The van der Waals surface area contributed by atoms with E-state index in [0.29, 0.717) is 10.9 Å². The van der Waals surface area contributed by atoms with Gasteiger partial charge in [-0.05, 0) is 18.6 Å². The van der Waals surface area contributed by atoms with Crippen LogP contribution >= 0.6 is 11.6 Å². The Morgan fingerprint density at radius 2 is 2.16 bits per heavy atom. The number of fused-ring (bicyclic) bond motifs is 1. The summed E-state index contributed by atoms with van der Waals surface area (Å²) in [5.74, 6) is 0.0740. The molecule has 0 aliphatic carbocycles. The van der Waals surface area contributed by atoms with Crippen molar-refractivity contribution in [1.29, 1.82) is 0 Å². The van der Waals surface area contributed by atoms with E-state index in [4.69, 9.17) is 11.6 Å². The van der Waals surface area contributed by atoms with Crippen LogP contribution in [0.4, 0.5) is 13.2 Å². The molecule has 9 heteroatoms. The third-order valence-electron chi connectivity index (χ3n) is 3.52. The fourth-order valence-corrected chi connectivity index (χ4v) is 2.57. The highest BCUT2D eigenvalue weighted by molar-refractivity contribution is 6.50. The minimum atomic E-state index is -4.39. The van der Waals surface area contributed by atoms with E-state index in [1.807, 2.05) is 0 Å². The summed E-state index contributed by atoms with van der Waals surface area (Å²) in [6, 6.07) is 5.16. The maximum absolute atomic E-state index is 12.6. The third-order valence-corrected chi connectivity index (χ3v) is 3.81. The first-order valence-corrected chi connectivity index (χ1v) is 7.57. The number of nitrogens with one attached hydrogen (secondary N) is 1. The van der Waals surface area contributed by atoms with Gasteiger partial charge in [0, 0.05) is 18.5 Å². The standard InChI is InChI=1S/C16H12ClF3N4O/c1-9-3-2-4-10-13(9)22-14(23-15(10)25)11(17)7-12-21-5-6-24(12)8-16(18,19)20/h2-7H,8H2,1H3,(H,22,23,25)/b11-7-. The molecule has 0 aliphatic heterocycles. The van der Waals surface area contributed by atoms with Gasteiger partial charge in [0.2, 0.25) is 0 Å². The number of alkyl halides is 3. The first kappa shape index (κ1) is 17.2. The summed E-state index contributed by atoms with van der Waals surface area (Å²) in [4.78, 5) is 22.8. The van der Waals surface area contributed by atoms with Gasteiger partial charge >= 0.3 is 6.18 Å². The summed E-state index contributed by atoms with van der Waals surface area (Å²) in [6.45, 7) is 0.607. The fraction of sp³-hybridized carbons (Fsp3) is 0.188. The maximum Gasteiger partial charge on any atom is 0.406 e. The Labute approximate surface area is 144 Å². The number of aromatic amines is 1. The number of benzene rings is 1. The molecule has 0 atom stereocenters. The van der Waals surface area contributed by atoms with Crippen LogP contribution in [0, 0.1) is 6.92 Å². The number of rotatable bonds is 3. The van der Waals surface area contributed by atoms with Gasteiger partial charge in [-0.3, -0.25) is 4.79 Å². The second kappa shape index (κ2) is 6.36. The van der Waals surface area contributed by atoms with Crippen LogP contribution in [0.5, 0.6) is 0 Å². The van der Waals surface area contributed by atoms with Gasteiger partial charge in [-0.15, -0.1) is 0 Å². The van der Waals surface area contributed by atoms with Crippen molar-refractivity contribution >= 4 is 33.6 Å². The van der Waals surface area contributed by atoms with Crippen LogP contribution < -0.4 is 5.56 Å². The smallest absolute Gasteiger partial charge is 0.322 e. The maximum atomic E-state index is 12.6. The molecule has 3 rings (SSSR count).